The SMILES string of the molecule is Cc1ccc(Cc2c(C)c(Cc3cc(C)c(N)c(Cc4ccc(O)cc4)c3C)cc(C)c2C#N)cc1. The third-order valence-electron chi connectivity index (χ3n) is 7.41. The number of hydrogen-bond acceptors (Lipinski definition) is 3. The Balaban J connectivity index is 1.75. The molecule has 4 aromatic rings. The summed E-state index contributed by atoms with van der Waals surface area (Å²) in [4.78, 5) is 0. The van der Waals surface area contributed by atoms with Crippen molar-refractivity contribution in [1.82, 2.24) is 0 Å². The zero-order chi connectivity index (χ0) is 26.0. The van der Waals surface area contributed by atoms with Gasteiger partial charge in [-0.1, -0.05) is 54.1 Å². The van der Waals surface area contributed by atoms with Gasteiger partial charge in [-0.05, 0) is 122 Å². The van der Waals surface area contributed by atoms with E-state index >= 15 is 0 Å². The first-order chi connectivity index (χ1) is 17.2. The Kier molecular flexibility index (Phi) is 7.17. The molecule has 0 spiro atoms. The van der Waals surface area contributed by atoms with Crippen LogP contribution in [0.4, 0.5) is 5.69 Å². The standard InChI is InChI=1S/C33H34N2O/c1-20-6-8-25(9-7-20)16-30-23(4)27(14-21(2)32(30)19-34)18-28-15-22(3)33(35)31(24(28)5)17-26-10-12-29(36)13-11-26/h6-15,36H,16-18,35H2,1-5H3. The summed E-state index contributed by atoms with van der Waals surface area (Å²) < 4.78 is 0. The van der Waals surface area contributed by atoms with E-state index in [1.807, 2.05) is 19.1 Å². The van der Waals surface area contributed by atoms with Crippen LogP contribution in [0.3, 0.4) is 0 Å². The molecule has 0 amide bonds. The van der Waals surface area contributed by atoms with E-state index in [4.69, 9.17) is 5.73 Å². The molecule has 3 N–H and O–H groups in total. The van der Waals surface area contributed by atoms with Gasteiger partial charge in [0.25, 0.3) is 0 Å². The highest BCUT2D eigenvalue weighted by molar-refractivity contribution is 5.62. The number of nitrogens with zero attached hydrogens (tertiary/aromatic N) is 1. The number of aryl methyl sites for hydroxylation is 3. The van der Waals surface area contributed by atoms with E-state index in [9.17, 15) is 10.4 Å². The van der Waals surface area contributed by atoms with Crippen molar-refractivity contribution in [2.75, 3.05) is 5.73 Å². The second kappa shape index (κ2) is 10.3. The molecule has 0 aliphatic rings. The van der Waals surface area contributed by atoms with Crippen molar-refractivity contribution < 1.29 is 5.11 Å². The van der Waals surface area contributed by atoms with Crippen LogP contribution in [0.2, 0.25) is 0 Å². The monoisotopic (exact) mass is 474 g/mol. The predicted octanol–water partition coefficient (Wildman–Crippen LogP) is 7.16. The Morgan fingerprint density at radius 2 is 1.19 bits per heavy atom. The first kappa shape index (κ1) is 25.1. The zero-order valence-corrected chi connectivity index (χ0v) is 21.9. The summed E-state index contributed by atoms with van der Waals surface area (Å²) in [6.07, 6.45) is 2.25. The molecular formula is C33H34N2O. The molecule has 0 aliphatic heterocycles. The van der Waals surface area contributed by atoms with Gasteiger partial charge in [0.1, 0.15) is 5.75 Å². The summed E-state index contributed by atoms with van der Waals surface area (Å²) in [6.45, 7) is 10.5. The van der Waals surface area contributed by atoms with Gasteiger partial charge in [0.15, 0.2) is 0 Å². The van der Waals surface area contributed by atoms with Crippen LogP contribution in [0.1, 0.15) is 66.8 Å². The third kappa shape index (κ3) is 5.14. The lowest BCUT2D eigenvalue weighted by Gasteiger charge is -2.20. The van der Waals surface area contributed by atoms with Crippen LogP contribution in [0, 0.1) is 45.9 Å². The molecule has 4 aromatic carbocycles. The van der Waals surface area contributed by atoms with E-state index in [2.05, 4.69) is 70.2 Å². The van der Waals surface area contributed by atoms with Crippen molar-refractivity contribution in [3.8, 4) is 11.8 Å². The molecule has 3 heteroatoms. The average molecular weight is 475 g/mol. The Hall–Kier alpha value is -4.03. The largest absolute Gasteiger partial charge is 0.508 e. The summed E-state index contributed by atoms with van der Waals surface area (Å²) in [5, 5.41) is 19.6. The van der Waals surface area contributed by atoms with Gasteiger partial charge < -0.3 is 10.8 Å². The summed E-state index contributed by atoms with van der Waals surface area (Å²) in [5.41, 5.74) is 21.0. The van der Waals surface area contributed by atoms with Crippen molar-refractivity contribution in [1.29, 1.82) is 5.26 Å². The Bertz CT molecular complexity index is 1460. The molecule has 0 atom stereocenters. The number of phenolic OH excluding ortho intramolecular Hbond substituents is 1. The van der Waals surface area contributed by atoms with Crippen LogP contribution >= 0.6 is 0 Å². The number of aromatic hydroxyl groups is 1. The molecule has 0 heterocycles. The second-order valence-corrected chi connectivity index (χ2v) is 10.00. The maximum atomic E-state index is 9.95. The highest BCUT2D eigenvalue weighted by Crippen LogP contribution is 2.32. The van der Waals surface area contributed by atoms with E-state index < -0.39 is 0 Å². The van der Waals surface area contributed by atoms with E-state index in [0.29, 0.717) is 0 Å². The fourth-order valence-electron chi connectivity index (χ4n) is 5.05. The van der Waals surface area contributed by atoms with Gasteiger partial charge in [0, 0.05) is 5.69 Å². The number of nitriles is 1. The third-order valence-corrected chi connectivity index (χ3v) is 7.41. The molecule has 182 valence electrons. The van der Waals surface area contributed by atoms with Crippen LogP contribution in [-0.2, 0) is 19.3 Å². The van der Waals surface area contributed by atoms with Gasteiger partial charge in [0.05, 0.1) is 11.6 Å². The summed E-state index contributed by atoms with van der Waals surface area (Å²) in [7, 11) is 0. The number of nitrogen functional groups attached to an aromatic ring is 1. The van der Waals surface area contributed by atoms with Gasteiger partial charge >= 0.3 is 0 Å². The fraction of sp³-hybridized carbons (Fsp3) is 0.242. The van der Waals surface area contributed by atoms with Gasteiger partial charge in [-0.25, -0.2) is 0 Å². The number of anilines is 1. The summed E-state index contributed by atoms with van der Waals surface area (Å²) >= 11 is 0. The Morgan fingerprint density at radius 3 is 1.78 bits per heavy atom. The molecule has 0 aliphatic carbocycles. The number of phenols is 1. The van der Waals surface area contributed by atoms with Crippen molar-refractivity contribution in [3.63, 3.8) is 0 Å². The molecule has 0 saturated carbocycles. The lowest BCUT2D eigenvalue weighted by atomic mass is 9.85. The molecule has 0 unspecified atom stereocenters. The van der Waals surface area contributed by atoms with E-state index in [1.54, 1.807) is 12.1 Å². The second-order valence-electron chi connectivity index (χ2n) is 10.00. The topological polar surface area (TPSA) is 70.0 Å². The first-order valence-corrected chi connectivity index (χ1v) is 12.4. The minimum atomic E-state index is 0.265. The van der Waals surface area contributed by atoms with Crippen LogP contribution in [0.5, 0.6) is 5.75 Å². The van der Waals surface area contributed by atoms with Gasteiger partial charge in [-0.15, -0.1) is 0 Å². The molecule has 3 nitrogen and oxygen atoms in total. The highest BCUT2D eigenvalue weighted by Gasteiger charge is 2.17. The Morgan fingerprint density at radius 1 is 0.694 bits per heavy atom. The predicted molar refractivity (Wildman–Crippen MR) is 149 cm³/mol. The van der Waals surface area contributed by atoms with Gasteiger partial charge in [-0.3, -0.25) is 0 Å². The van der Waals surface area contributed by atoms with E-state index in [1.165, 1.54) is 33.4 Å². The van der Waals surface area contributed by atoms with Gasteiger partial charge in [0.2, 0.25) is 0 Å². The number of benzene rings is 4. The number of nitrogens with two attached hydrogens (primary N) is 1. The maximum absolute atomic E-state index is 9.95. The normalized spacial score (nSPS) is 10.9. The van der Waals surface area contributed by atoms with Crippen molar-refractivity contribution in [2.24, 2.45) is 0 Å². The van der Waals surface area contributed by atoms with Crippen LogP contribution in [-0.4, -0.2) is 5.11 Å². The van der Waals surface area contributed by atoms with Crippen molar-refractivity contribution >= 4 is 5.69 Å². The number of hydrogen-bond donors (Lipinski definition) is 2. The lowest BCUT2D eigenvalue weighted by molar-refractivity contribution is 0.475. The molecule has 0 saturated heterocycles. The quantitative estimate of drug-likeness (QED) is 0.291. The molecule has 0 aromatic heterocycles. The Labute approximate surface area is 214 Å². The van der Waals surface area contributed by atoms with E-state index in [0.717, 1.165) is 58.3 Å². The molecule has 36 heavy (non-hydrogen) atoms. The molecule has 0 fully saturated rings. The molecular weight excluding hydrogens is 440 g/mol. The number of rotatable bonds is 6. The first-order valence-electron chi connectivity index (χ1n) is 12.4. The average Bonchev–Trinajstić information content (AvgIpc) is 2.85. The molecule has 0 bridgehead atoms. The van der Waals surface area contributed by atoms with Crippen LogP contribution in [0.15, 0.2) is 60.7 Å². The molecule has 0 radical (unpaired) electrons. The van der Waals surface area contributed by atoms with Crippen LogP contribution < -0.4 is 5.73 Å². The fourth-order valence-corrected chi connectivity index (χ4v) is 5.05. The minimum Gasteiger partial charge on any atom is -0.508 e. The highest BCUT2D eigenvalue weighted by atomic mass is 16.3. The maximum Gasteiger partial charge on any atom is 0.115 e. The zero-order valence-electron chi connectivity index (χ0n) is 21.9. The van der Waals surface area contributed by atoms with Crippen molar-refractivity contribution in [3.05, 3.63) is 127 Å². The summed E-state index contributed by atoms with van der Waals surface area (Å²) in [6, 6.07) is 22.7. The smallest absolute Gasteiger partial charge is 0.115 e. The minimum absolute atomic E-state index is 0.265. The van der Waals surface area contributed by atoms with Gasteiger partial charge in [-0.2, -0.15) is 5.26 Å². The van der Waals surface area contributed by atoms with E-state index in [-0.39, 0.29) is 5.75 Å². The lowest BCUT2D eigenvalue weighted by Crippen LogP contribution is -2.08. The summed E-state index contributed by atoms with van der Waals surface area (Å²) in [5.74, 6) is 0.265. The molecule has 4 rings (SSSR count). The van der Waals surface area contributed by atoms with Crippen LogP contribution in [0.25, 0.3) is 0 Å². The van der Waals surface area contributed by atoms with Crippen molar-refractivity contribution in [2.45, 2.75) is 53.9 Å².